The third kappa shape index (κ3) is 4.62. The Morgan fingerprint density at radius 1 is 1.47 bits per heavy atom. The number of carbonyl (C=O) groups is 1. The highest BCUT2D eigenvalue weighted by Gasteiger charge is 2.17. The van der Waals surface area contributed by atoms with Crippen LogP contribution < -0.4 is 5.73 Å². The summed E-state index contributed by atoms with van der Waals surface area (Å²) in [4.78, 5) is 11.7. The fourth-order valence-corrected chi connectivity index (χ4v) is 2.01. The molecule has 0 spiro atoms. The van der Waals surface area contributed by atoms with Crippen molar-refractivity contribution in [2.45, 2.75) is 12.5 Å². The van der Waals surface area contributed by atoms with Crippen LogP contribution in [0.15, 0.2) is 24.3 Å². The molecule has 0 aliphatic rings. The number of hydrogen-bond acceptors (Lipinski definition) is 4. The highest BCUT2D eigenvalue weighted by molar-refractivity contribution is 7.90. The van der Waals surface area contributed by atoms with Crippen LogP contribution in [0.25, 0.3) is 0 Å². The summed E-state index contributed by atoms with van der Waals surface area (Å²) in [5, 5.41) is 0. The molecule has 0 aliphatic heterocycles. The van der Waals surface area contributed by atoms with E-state index in [1.807, 2.05) is 0 Å². The van der Waals surface area contributed by atoms with Gasteiger partial charge in [-0.3, -0.25) is 4.79 Å². The first-order valence-corrected chi connectivity index (χ1v) is 7.09. The van der Waals surface area contributed by atoms with Crippen molar-refractivity contribution >= 4 is 15.6 Å². The number of sulfone groups is 1. The van der Waals surface area contributed by atoms with E-state index in [0.29, 0.717) is 0 Å². The Labute approximate surface area is 99.5 Å². The zero-order valence-electron chi connectivity index (χ0n) is 9.39. The van der Waals surface area contributed by atoms with Crippen molar-refractivity contribution in [2.24, 2.45) is 5.73 Å². The summed E-state index contributed by atoms with van der Waals surface area (Å²) >= 11 is 0. The van der Waals surface area contributed by atoms with Crippen molar-refractivity contribution in [3.05, 3.63) is 35.6 Å². The largest absolute Gasteiger partial charge is 0.321 e. The van der Waals surface area contributed by atoms with Gasteiger partial charge in [0.05, 0.1) is 11.8 Å². The fraction of sp³-hybridized carbons (Fsp3) is 0.364. The molecule has 1 unspecified atom stereocenters. The quantitative estimate of drug-likeness (QED) is 0.792. The maximum absolute atomic E-state index is 12.9. The molecule has 17 heavy (non-hydrogen) atoms. The first kappa shape index (κ1) is 13.8. The number of ketones is 1. The summed E-state index contributed by atoms with van der Waals surface area (Å²) in [5.41, 5.74) is 5.73. The Hall–Kier alpha value is -1.27. The van der Waals surface area contributed by atoms with Gasteiger partial charge < -0.3 is 5.73 Å². The lowest BCUT2D eigenvalue weighted by Crippen LogP contribution is -2.32. The zero-order chi connectivity index (χ0) is 13.1. The van der Waals surface area contributed by atoms with E-state index in [-0.39, 0.29) is 17.7 Å². The molecule has 0 saturated carbocycles. The smallest absolute Gasteiger partial charge is 0.179 e. The number of halogens is 1. The van der Waals surface area contributed by atoms with E-state index in [9.17, 15) is 17.6 Å². The molecule has 0 bridgehead atoms. The molecule has 0 aromatic heterocycles. The Bertz CT molecular complexity index is 513. The predicted molar refractivity (Wildman–Crippen MR) is 63.0 cm³/mol. The second kappa shape index (κ2) is 5.37. The molecule has 0 saturated heterocycles. The average molecular weight is 259 g/mol. The van der Waals surface area contributed by atoms with E-state index < -0.39 is 27.5 Å². The molecule has 0 fully saturated rings. The van der Waals surface area contributed by atoms with E-state index in [2.05, 4.69) is 0 Å². The van der Waals surface area contributed by atoms with Crippen molar-refractivity contribution < 1.29 is 17.6 Å². The molecule has 1 atom stereocenters. The van der Waals surface area contributed by atoms with Crippen LogP contribution in [0.3, 0.4) is 0 Å². The van der Waals surface area contributed by atoms with Crippen LogP contribution >= 0.6 is 0 Å². The van der Waals surface area contributed by atoms with Crippen molar-refractivity contribution in [1.82, 2.24) is 0 Å². The van der Waals surface area contributed by atoms with Crippen LogP contribution in [0.5, 0.6) is 0 Å². The van der Waals surface area contributed by atoms with E-state index in [4.69, 9.17) is 5.73 Å². The van der Waals surface area contributed by atoms with E-state index in [0.717, 1.165) is 12.3 Å². The number of Topliss-reactive ketones (excluding diaryl/α,β-unsaturated/α-hetero) is 1. The lowest BCUT2D eigenvalue weighted by atomic mass is 10.0. The van der Waals surface area contributed by atoms with Crippen molar-refractivity contribution in [2.75, 3.05) is 12.0 Å². The lowest BCUT2D eigenvalue weighted by molar-refractivity contribution is 0.0959. The first-order valence-electron chi connectivity index (χ1n) is 5.02. The van der Waals surface area contributed by atoms with Crippen LogP contribution in [-0.4, -0.2) is 32.3 Å². The minimum absolute atomic E-state index is 0.0359. The molecule has 6 heteroatoms. The minimum atomic E-state index is -3.15. The zero-order valence-corrected chi connectivity index (χ0v) is 10.2. The van der Waals surface area contributed by atoms with Crippen LogP contribution in [0.4, 0.5) is 4.39 Å². The molecule has 1 rings (SSSR count). The summed E-state index contributed by atoms with van der Waals surface area (Å²) in [6, 6.07) is 4.24. The van der Waals surface area contributed by atoms with Gasteiger partial charge in [0.1, 0.15) is 15.7 Å². The van der Waals surface area contributed by atoms with Crippen molar-refractivity contribution in [1.29, 1.82) is 0 Å². The maximum Gasteiger partial charge on any atom is 0.179 e. The normalized spacial score (nSPS) is 13.4. The summed E-state index contributed by atoms with van der Waals surface area (Å²) in [6.07, 6.45) is 1.11. The molecule has 0 radical (unpaired) electrons. The maximum atomic E-state index is 12.9. The van der Waals surface area contributed by atoms with Gasteiger partial charge in [-0.1, -0.05) is 12.1 Å². The van der Waals surface area contributed by atoms with E-state index >= 15 is 0 Å². The van der Waals surface area contributed by atoms with E-state index in [1.165, 1.54) is 18.2 Å². The van der Waals surface area contributed by atoms with Gasteiger partial charge in [-0.15, -0.1) is 0 Å². The average Bonchev–Trinajstić information content (AvgIpc) is 2.24. The Balaban J connectivity index is 2.70. The highest BCUT2D eigenvalue weighted by atomic mass is 32.2. The van der Waals surface area contributed by atoms with Crippen LogP contribution in [0.2, 0.25) is 0 Å². The third-order valence-electron chi connectivity index (χ3n) is 2.25. The Kier molecular flexibility index (Phi) is 4.36. The SMILES string of the molecule is CS(=O)(=O)CCC(N)C(=O)c1cccc(F)c1. The summed E-state index contributed by atoms with van der Waals surface area (Å²) in [6.45, 7) is 0. The van der Waals surface area contributed by atoms with Gasteiger partial charge in [-0.25, -0.2) is 12.8 Å². The standard InChI is InChI=1S/C11H14FNO3S/c1-17(15,16)6-5-10(13)11(14)8-3-2-4-9(12)7-8/h2-4,7,10H,5-6,13H2,1H3. The summed E-state index contributed by atoms with van der Waals surface area (Å²) < 4.78 is 34.7. The van der Waals surface area contributed by atoms with E-state index in [1.54, 1.807) is 0 Å². The second-order valence-electron chi connectivity index (χ2n) is 3.90. The van der Waals surface area contributed by atoms with Crippen molar-refractivity contribution in [3.8, 4) is 0 Å². The third-order valence-corrected chi connectivity index (χ3v) is 3.22. The molecule has 0 heterocycles. The van der Waals surface area contributed by atoms with Gasteiger partial charge in [0.25, 0.3) is 0 Å². The number of hydrogen-bond donors (Lipinski definition) is 1. The van der Waals surface area contributed by atoms with Crippen LogP contribution in [0, 0.1) is 5.82 Å². The monoisotopic (exact) mass is 259 g/mol. The fourth-order valence-electron chi connectivity index (χ4n) is 1.33. The van der Waals surface area contributed by atoms with Gasteiger partial charge in [0, 0.05) is 11.8 Å². The molecule has 4 nitrogen and oxygen atoms in total. The van der Waals surface area contributed by atoms with Crippen molar-refractivity contribution in [3.63, 3.8) is 0 Å². The lowest BCUT2D eigenvalue weighted by Gasteiger charge is -2.09. The van der Waals surface area contributed by atoms with Gasteiger partial charge >= 0.3 is 0 Å². The number of benzene rings is 1. The van der Waals surface area contributed by atoms with Crippen LogP contribution in [-0.2, 0) is 9.84 Å². The Morgan fingerprint density at radius 3 is 2.65 bits per heavy atom. The second-order valence-corrected chi connectivity index (χ2v) is 6.16. The van der Waals surface area contributed by atoms with Gasteiger partial charge in [-0.05, 0) is 18.6 Å². The molecule has 2 N–H and O–H groups in total. The number of nitrogens with two attached hydrogens (primary N) is 1. The number of carbonyl (C=O) groups excluding carboxylic acids is 1. The topological polar surface area (TPSA) is 77.2 Å². The molecular formula is C11H14FNO3S. The minimum Gasteiger partial charge on any atom is -0.321 e. The molecule has 0 amide bonds. The number of rotatable bonds is 5. The Morgan fingerprint density at radius 2 is 2.12 bits per heavy atom. The molecule has 1 aromatic carbocycles. The van der Waals surface area contributed by atoms with Gasteiger partial charge in [0.2, 0.25) is 0 Å². The summed E-state index contributed by atoms with van der Waals surface area (Å²) in [7, 11) is -3.15. The predicted octanol–water partition coefficient (Wildman–Crippen LogP) is 0.770. The van der Waals surface area contributed by atoms with Gasteiger partial charge in [-0.2, -0.15) is 0 Å². The van der Waals surface area contributed by atoms with Gasteiger partial charge in [0.15, 0.2) is 5.78 Å². The molecule has 0 aliphatic carbocycles. The highest BCUT2D eigenvalue weighted by Crippen LogP contribution is 2.08. The first-order chi connectivity index (χ1) is 7.79. The van der Waals surface area contributed by atoms with Crippen LogP contribution in [0.1, 0.15) is 16.8 Å². The molecule has 1 aromatic rings. The molecule has 94 valence electrons. The summed E-state index contributed by atoms with van der Waals surface area (Å²) in [5.74, 6) is -1.13. The molecular weight excluding hydrogens is 245 g/mol.